The largest absolute Gasteiger partial charge is 0.451 e. The third-order valence-electron chi connectivity index (χ3n) is 4.13. The quantitative estimate of drug-likeness (QED) is 0.491. The van der Waals surface area contributed by atoms with E-state index in [0.717, 1.165) is 15.8 Å². The summed E-state index contributed by atoms with van der Waals surface area (Å²) in [5.41, 5.74) is 1.72. The summed E-state index contributed by atoms with van der Waals surface area (Å²) in [6.45, 7) is 0. The Morgan fingerprint density at radius 3 is 2.61 bits per heavy atom. The number of nitrogens with zero attached hydrogens (tertiary/aromatic N) is 2. The van der Waals surface area contributed by atoms with Crippen molar-refractivity contribution in [3.8, 4) is 6.19 Å². The fourth-order valence-corrected chi connectivity index (χ4v) is 3.66. The van der Waals surface area contributed by atoms with E-state index in [1.165, 1.54) is 18.8 Å². The fourth-order valence-electron chi connectivity index (χ4n) is 2.65. The first-order valence-electron chi connectivity index (χ1n) is 8.67. The van der Waals surface area contributed by atoms with E-state index >= 15 is 0 Å². The first kappa shape index (κ1) is 19.5. The predicted octanol–water partition coefficient (Wildman–Crippen LogP) is 3.40. The molecular weight excluding hydrogens is 374 g/mol. The van der Waals surface area contributed by atoms with Gasteiger partial charge in [0.1, 0.15) is 11.6 Å². The van der Waals surface area contributed by atoms with E-state index < -0.39 is 17.9 Å². The topological polar surface area (TPSA) is 86.3 Å². The van der Waals surface area contributed by atoms with Gasteiger partial charge in [-0.05, 0) is 17.7 Å². The first-order valence-corrected chi connectivity index (χ1v) is 9.82. The molecule has 0 saturated carbocycles. The van der Waals surface area contributed by atoms with E-state index in [4.69, 9.17) is 9.68 Å². The number of carbonyl (C=O) groups excluding carboxylic acids is 2. The van der Waals surface area contributed by atoms with Gasteiger partial charge in [-0.25, -0.2) is 0 Å². The predicted molar refractivity (Wildman–Crippen MR) is 108 cm³/mol. The Bertz CT molecular complexity index is 977. The van der Waals surface area contributed by atoms with Gasteiger partial charge in [-0.2, -0.15) is 17.0 Å². The van der Waals surface area contributed by atoms with Crippen LogP contribution in [-0.2, 0) is 10.5 Å². The number of benzene rings is 2. The summed E-state index contributed by atoms with van der Waals surface area (Å²) < 4.78 is 5.56. The number of likely N-dealkylation sites (N-methyl/N-ethyl adjacent to an activating group) is 1. The minimum Gasteiger partial charge on any atom is -0.451 e. The van der Waals surface area contributed by atoms with Crippen molar-refractivity contribution in [2.45, 2.75) is 11.8 Å². The molecule has 6 nitrogen and oxygen atoms in total. The first-order chi connectivity index (χ1) is 13.6. The van der Waals surface area contributed by atoms with E-state index in [1.807, 2.05) is 48.5 Å². The molecule has 0 aliphatic carbocycles. The average molecular weight is 393 g/mol. The van der Waals surface area contributed by atoms with Crippen molar-refractivity contribution in [2.75, 3.05) is 12.8 Å². The highest BCUT2D eigenvalue weighted by molar-refractivity contribution is 7.98. The van der Waals surface area contributed by atoms with Crippen molar-refractivity contribution in [1.82, 2.24) is 10.2 Å². The zero-order valence-electron chi connectivity index (χ0n) is 15.3. The van der Waals surface area contributed by atoms with Crippen LogP contribution in [0.3, 0.4) is 0 Å². The average Bonchev–Trinajstić information content (AvgIpc) is 3.17. The van der Waals surface area contributed by atoms with E-state index in [1.54, 1.807) is 18.3 Å². The highest BCUT2D eigenvalue weighted by Gasteiger charge is 2.26. The SMILES string of the molecule is CN(C#N)C(=O)[C@H](CSCc1ccccc1)NC(=O)c1cc2ccccc2o1. The second-order valence-electron chi connectivity index (χ2n) is 6.17. The maximum absolute atomic E-state index is 12.6. The molecule has 0 bridgehead atoms. The maximum Gasteiger partial charge on any atom is 0.287 e. The molecule has 1 aromatic heterocycles. The van der Waals surface area contributed by atoms with Crippen molar-refractivity contribution < 1.29 is 14.0 Å². The van der Waals surface area contributed by atoms with Gasteiger partial charge in [0, 0.05) is 23.9 Å². The van der Waals surface area contributed by atoms with Gasteiger partial charge in [0.05, 0.1) is 0 Å². The number of furan rings is 1. The lowest BCUT2D eigenvalue weighted by atomic mass is 10.2. The van der Waals surface area contributed by atoms with Gasteiger partial charge in [0.25, 0.3) is 11.8 Å². The van der Waals surface area contributed by atoms with Gasteiger partial charge < -0.3 is 9.73 Å². The molecule has 0 aliphatic heterocycles. The Balaban J connectivity index is 1.69. The second-order valence-corrected chi connectivity index (χ2v) is 7.20. The molecule has 0 saturated heterocycles. The lowest BCUT2D eigenvalue weighted by Crippen LogP contribution is -2.47. The van der Waals surface area contributed by atoms with Crippen LogP contribution in [0.15, 0.2) is 65.1 Å². The third kappa shape index (κ3) is 4.72. The molecule has 28 heavy (non-hydrogen) atoms. The van der Waals surface area contributed by atoms with Gasteiger partial charge >= 0.3 is 0 Å². The number of rotatable bonds is 7. The number of thioether (sulfide) groups is 1. The van der Waals surface area contributed by atoms with E-state index in [0.29, 0.717) is 17.1 Å². The normalized spacial score (nSPS) is 11.6. The van der Waals surface area contributed by atoms with E-state index in [9.17, 15) is 9.59 Å². The van der Waals surface area contributed by atoms with Gasteiger partial charge in [-0.1, -0.05) is 48.5 Å². The van der Waals surface area contributed by atoms with Crippen LogP contribution in [-0.4, -0.2) is 35.6 Å². The highest BCUT2D eigenvalue weighted by Crippen LogP contribution is 2.19. The van der Waals surface area contributed by atoms with Crippen molar-refractivity contribution >= 4 is 34.5 Å². The molecule has 2 amide bonds. The van der Waals surface area contributed by atoms with Gasteiger partial charge in [-0.15, -0.1) is 0 Å². The van der Waals surface area contributed by atoms with Crippen molar-refractivity contribution in [3.63, 3.8) is 0 Å². The summed E-state index contributed by atoms with van der Waals surface area (Å²) in [6, 6.07) is 17.9. The molecule has 0 spiro atoms. The number of nitrogens with one attached hydrogen (secondary N) is 1. The van der Waals surface area contributed by atoms with Crippen LogP contribution in [0.4, 0.5) is 0 Å². The number of para-hydroxylation sites is 1. The molecular formula is C21H19N3O3S. The summed E-state index contributed by atoms with van der Waals surface area (Å²) in [5, 5.41) is 12.5. The molecule has 1 heterocycles. The van der Waals surface area contributed by atoms with Gasteiger partial charge in [0.2, 0.25) is 0 Å². The van der Waals surface area contributed by atoms with Crippen molar-refractivity contribution in [2.24, 2.45) is 0 Å². The summed E-state index contributed by atoms with van der Waals surface area (Å²) >= 11 is 1.51. The standard InChI is InChI=1S/C21H19N3O3S/c1-24(14-22)21(26)17(13-28-12-15-7-3-2-4-8-15)23-20(25)19-11-16-9-5-6-10-18(16)27-19/h2-11,17H,12-13H2,1H3,(H,23,25)/t17-/m0/s1. The number of nitriles is 1. The number of hydrogen-bond acceptors (Lipinski definition) is 5. The number of amides is 2. The molecule has 2 aromatic carbocycles. The summed E-state index contributed by atoms with van der Waals surface area (Å²) in [7, 11) is 1.38. The van der Waals surface area contributed by atoms with Crippen LogP contribution >= 0.6 is 11.8 Å². The number of fused-ring (bicyclic) bond motifs is 1. The number of carbonyl (C=O) groups is 2. The summed E-state index contributed by atoms with van der Waals surface area (Å²) in [4.78, 5) is 26.0. The van der Waals surface area contributed by atoms with Crippen LogP contribution in [0.5, 0.6) is 0 Å². The molecule has 0 unspecified atom stereocenters. The Morgan fingerprint density at radius 2 is 1.89 bits per heavy atom. The van der Waals surface area contributed by atoms with Crippen molar-refractivity contribution in [1.29, 1.82) is 5.26 Å². The van der Waals surface area contributed by atoms with Crippen LogP contribution < -0.4 is 5.32 Å². The van der Waals surface area contributed by atoms with Crippen LogP contribution in [0.25, 0.3) is 11.0 Å². The maximum atomic E-state index is 12.6. The molecule has 7 heteroatoms. The third-order valence-corrected chi connectivity index (χ3v) is 5.24. The summed E-state index contributed by atoms with van der Waals surface area (Å²) in [5.74, 6) is 0.216. The minimum absolute atomic E-state index is 0.131. The Hall–Kier alpha value is -3.24. The van der Waals surface area contributed by atoms with Gasteiger partial charge in [0.15, 0.2) is 12.0 Å². The number of hydrogen-bond donors (Lipinski definition) is 1. The molecule has 1 atom stereocenters. The van der Waals surface area contributed by atoms with Gasteiger partial charge in [-0.3, -0.25) is 14.5 Å². The fraction of sp³-hybridized carbons (Fsp3) is 0.190. The Morgan fingerprint density at radius 1 is 1.18 bits per heavy atom. The Labute approximate surface area is 167 Å². The Kier molecular flexibility index (Phi) is 6.35. The molecule has 0 fully saturated rings. The van der Waals surface area contributed by atoms with E-state index in [-0.39, 0.29) is 5.76 Å². The van der Waals surface area contributed by atoms with Crippen LogP contribution in [0.2, 0.25) is 0 Å². The lowest BCUT2D eigenvalue weighted by molar-refractivity contribution is -0.128. The lowest BCUT2D eigenvalue weighted by Gasteiger charge is -2.19. The molecule has 0 aliphatic rings. The molecule has 0 radical (unpaired) electrons. The van der Waals surface area contributed by atoms with Crippen LogP contribution in [0, 0.1) is 11.5 Å². The van der Waals surface area contributed by atoms with Crippen LogP contribution in [0.1, 0.15) is 16.1 Å². The second kappa shape index (κ2) is 9.11. The van der Waals surface area contributed by atoms with Crippen molar-refractivity contribution in [3.05, 3.63) is 72.0 Å². The molecule has 142 valence electrons. The smallest absolute Gasteiger partial charge is 0.287 e. The van der Waals surface area contributed by atoms with E-state index in [2.05, 4.69) is 5.32 Å². The zero-order valence-corrected chi connectivity index (χ0v) is 16.1. The monoisotopic (exact) mass is 393 g/mol. The minimum atomic E-state index is -0.834. The summed E-state index contributed by atoms with van der Waals surface area (Å²) in [6.07, 6.45) is 1.79. The zero-order chi connectivity index (χ0) is 19.9. The molecule has 3 aromatic rings. The highest BCUT2D eigenvalue weighted by atomic mass is 32.2. The molecule has 3 rings (SSSR count). The molecule has 1 N–H and O–H groups in total.